The third-order valence-electron chi connectivity index (χ3n) is 5.00. The van der Waals surface area contributed by atoms with E-state index < -0.39 is 5.92 Å². The molecule has 0 spiro atoms. The molecule has 0 radical (unpaired) electrons. The first-order chi connectivity index (χ1) is 13.6. The number of rotatable bonds is 5. The Morgan fingerprint density at radius 1 is 1.07 bits per heavy atom. The molecular weight excluding hydrogens is 362 g/mol. The average Bonchev–Trinajstić information content (AvgIpc) is 2.72. The molecule has 4 rings (SSSR count). The highest BCUT2D eigenvalue weighted by Gasteiger charge is 2.35. The van der Waals surface area contributed by atoms with Crippen LogP contribution in [0.15, 0.2) is 36.7 Å². The van der Waals surface area contributed by atoms with Crippen LogP contribution in [0.4, 0.5) is 20.5 Å². The summed E-state index contributed by atoms with van der Waals surface area (Å²) in [6.07, 6.45) is 3.93. The minimum atomic E-state index is -2.61. The molecule has 28 heavy (non-hydrogen) atoms. The Bertz CT molecular complexity index is 968. The van der Waals surface area contributed by atoms with Crippen molar-refractivity contribution < 1.29 is 8.78 Å². The fourth-order valence-corrected chi connectivity index (χ4v) is 3.39. The number of nitrogens with one attached hydrogen (secondary N) is 1. The van der Waals surface area contributed by atoms with Crippen LogP contribution in [0, 0.1) is 0 Å². The largest absolute Gasteiger partial charge is 0.365 e. The Kier molecular flexibility index (Phi) is 5.02. The summed E-state index contributed by atoms with van der Waals surface area (Å²) >= 11 is 0. The second-order valence-electron chi connectivity index (χ2n) is 6.91. The van der Waals surface area contributed by atoms with Crippen LogP contribution in [-0.2, 0) is 13.0 Å². The van der Waals surface area contributed by atoms with Gasteiger partial charge in [0, 0.05) is 50.6 Å². The number of hydrogen-bond acceptors (Lipinski definition) is 6. The van der Waals surface area contributed by atoms with Crippen LogP contribution < -0.4 is 10.2 Å². The summed E-state index contributed by atoms with van der Waals surface area (Å²) in [5.74, 6) is -1.52. The van der Waals surface area contributed by atoms with E-state index >= 15 is 0 Å². The lowest BCUT2D eigenvalue weighted by atomic mass is 10.1. The van der Waals surface area contributed by atoms with Gasteiger partial charge in [-0.15, -0.1) is 0 Å². The summed E-state index contributed by atoms with van der Waals surface area (Å²) < 4.78 is 27.0. The van der Waals surface area contributed by atoms with Crippen LogP contribution in [0.5, 0.6) is 0 Å². The van der Waals surface area contributed by atoms with Gasteiger partial charge in [0.25, 0.3) is 5.92 Å². The van der Waals surface area contributed by atoms with Gasteiger partial charge in [0.05, 0.1) is 5.39 Å². The van der Waals surface area contributed by atoms with Gasteiger partial charge in [0.1, 0.15) is 5.82 Å². The van der Waals surface area contributed by atoms with E-state index in [9.17, 15) is 8.78 Å². The van der Waals surface area contributed by atoms with E-state index in [-0.39, 0.29) is 25.9 Å². The van der Waals surface area contributed by atoms with Crippen molar-refractivity contribution in [1.82, 2.24) is 19.9 Å². The monoisotopic (exact) mass is 384 g/mol. The smallest absolute Gasteiger partial charge is 0.251 e. The van der Waals surface area contributed by atoms with Gasteiger partial charge in [0.2, 0.25) is 5.95 Å². The molecule has 6 nitrogen and oxygen atoms in total. The van der Waals surface area contributed by atoms with E-state index in [4.69, 9.17) is 0 Å². The van der Waals surface area contributed by atoms with Crippen molar-refractivity contribution in [3.8, 4) is 0 Å². The highest BCUT2D eigenvalue weighted by atomic mass is 19.3. The molecule has 0 saturated carbocycles. The lowest BCUT2D eigenvalue weighted by Crippen LogP contribution is -2.40. The predicted octanol–water partition coefficient (Wildman–Crippen LogP) is 3.83. The van der Waals surface area contributed by atoms with E-state index in [2.05, 4.69) is 32.2 Å². The number of nitrogens with zero attached hydrogens (tertiary/aromatic N) is 5. The Labute approximate surface area is 162 Å². The zero-order valence-corrected chi connectivity index (χ0v) is 15.7. The fourth-order valence-electron chi connectivity index (χ4n) is 3.39. The first-order valence-electron chi connectivity index (χ1n) is 9.48. The molecule has 0 unspecified atom stereocenters. The standard InChI is InChI=1S/C20H22F2N6/c1-2-16-14(5-3-9-23-16)13-25-18-15-6-4-10-24-17(15)26-19(27-18)28-11-7-20(21,22)8-12-28/h3-6,9-10H,2,7-8,11-13H2,1H3,(H,24,25,26,27). The van der Waals surface area contributed by atoms with E-state index in [1.807, 2.05) is 24.3 Å². The summed E-state index contributed by atoms with van der Waals surface area (Å²) in [6, 6.07) is 7.69. The van der Waals surface area contributed by atoms with Crippen molar-refractivity contribution >= 4 is 22.8 Å². The second-order valence-corrected chi connectivity index (χ2v) is 6.91. The zero-order valence-electron chi connectivity index (χ0n) is 15.7. The van der Waals surface area contributed by atoms with Crippen LogP contribution in [0.25, 0.3) is 11.0 Å². The Balaban J connectivity index is 1.63. The molecule has 0 amide bonds. The van der Waals surface area contributed by atoms with Gasteiger partial charge in [-0.2, -0.15) is 9.97 Å². The summed E-state index contributed by atoms with van der Waals surface area (Å²) in [4.78, 5) is 19.7. The van der Waals surface area contributed by atoms with Gasteiger partial charge in [0.15, 0.2) is 5.65 Å². The van der Waals surface area contributed by atoms with E-state index in [0.29, 0.717) is 24.0 Å². The third-order valence-corrected chi connectivity index (χ3v) is 5.00. The minimum Gasteiger partial charge on any atom is -0.365 e. The third kappa shape index (κ3) is 3.85. The van der Waals surface area contributed by atoms with E-state index in [1.165, 1.54) is 0 Å². The van der Waals surface area contributed by atoms with Gasteiger partial charge in [-0.25, -0.2) is 13.8 Å². The molecule has 0 bridgehead atoms. The predicted molar refractivity (Wildman–Crippen MR) is 105 cm³/mol. The first kappa shape index (κ1) is 18.5. The minimum absolute atomic E-state index is 0.186. The highest BCUT2D eigenvalue weighted by molar-refractivity contribution is 5.87. The number of aromatic nitrogens is 4. The molecule has 0 aromatic carbocycles. The molecule has 1 saturated heterocycles. The molecule has 1 fully saturated rings. The fraction of sp³-hybridized carbons (Fsp3) is 0.400. The zero-order chi connectivity index (χ0) is 19.6. The number of anilines is 2. The topological polar surface area (TPSA) is 66.8 Å². The molecule has 0 atom stereocenters. The number of piperidine rings is 1. The number of hydrogen-bond donors (Lipinski definition) is 1. The second kappa shape index (κ2) is 7.61. The van der Waals surface area contributed by atoms with Gasteiger partial charge < -0.3 is 10.2 Å². The molecule has 1 aliphatic heterocycles. The molecule has 1 aliphatic rings. The summed E-state index contributed by atoms with van der Waals surface area (Å²) in [6.45, 7) is 3.09. The van der Waals surface area contributed by atoms with Gasteiger partial charge in [-0.1, -0.05) is 13.0 Å². The summed E-state index contributed by atoms with van der Waals surface area (Å²) in [5.41, 5.74) is 2.68. The quantitative estimate of drug-likeness (QED) is 0.721. The SMILES string of the molecule is CCc1ncccc1CNc1nc(N2CCC(F)(F)CC2)nc2ncccc12. The molecular formula is C20H22F2N6. The maximum absolute atomic E-state index is 13.5. The number of halogens is 2. The normalized spacial score (nSPS) is 16.3. The number of pyridine rings is 2. The molecule has 0 aliphatic carbocycles. The maximum Gasteiger partial charge on any atom is 0.251 e. The van der Waals surface area contributed by atoms with E-state index in [0.717, 1.165) is 23.1 Å². The molecule has 8 heteroatoms. The van der Waals surface area contributed by atoms with Crippen LogP contribution in [-0.4, -0.2) is 38.9 Å². The average molecular weight is 384 g/mol. The molecule has 3 aromatic heterocycles. The number of fused-ring (bicyclic) bond motifs is 1. The number of aryl methyl sites for hydroxylation is 1. The maximum atomic E-state index is 13.5. The van der Waals surface area contributed by atoms with Crippen molar-refractivity contribution in [1.29, 1.82) is 0 Å². The highest BCUT2D eigenvalue weighted by Crippen LogP contribution is 2.30. The van der Waals surface area contributed by atoms with Crippen molar-refractivity contribution in [2.45, 2.75) is 38.7 Å². The molecule has 146 valence electrons. The lowest BCUT2D eigenvalue weighted by Gasteiger charge is -2.31. The molecule has 3 aromatic rings. The Morgan fingerprint density at radius 3 is 2.61 bits per heavy atom. The van der Waals surface area contributed by atoms with Gasteiger partial charge >= 0.3 is 0 Å². The van der Waals surface area contributed by atoms with Crippen molar-refractivity contribution in [2.24, 2.45) is 0 Å². The van der Waals surface area contributed by atoms with E-state index in [1.54, 1.807) is 17.3 Å². The van der Waals surface area contributed by atoms with Crippen LogP contribution in [0.2, 0.25) is 0 Å². The van der Waals surface area contributed by atoms with Crippen LogP contribution >= 0.6 is 0 Å². The van der Waals surface area contributed by atoms with Crippen LogP contribution in [0.3, 0.4) is 0 Å². The molecule has 1 N–H and O–H groups in total. The first-order valence-corrected chi connectivity index (χ1v) is 9.48. The van der Waals surface area contributed by atoms with Gasteiger partial charge in [-0.05, 0) is 30.2 Å². The summed E-state index contributed by atoms with van der Waals surface area (Å²) in [7, 11) is 0. The van der Waals surface area contributed by atoms with Crippen molar-refractivity contribution in [3.63, 3.8) is 0 Å². The van der Waals surface area contributed by atoms with Crippen LogP contribution in [0.1, 0.15) is 31.0 Å². The molecule has 4 heterocycles. The Hall–Kier alpha value is -2.90. The Morgan fingerprint density at radius 2 is 1.82 bits per heavy atom. The van der Waals surface area contributed by atoms with Crippen molar-refractivity contribution in [3.05, 3.63) is 47.9 Å². The van der Waals surface area contributed by atoms with Gasteiger partial charge in [-0.3, -0.25) is 4.98 Å². The summed E-state index contributed by atoms with van der Waals surface area (Å²) in [5, 5.41) is 4.17. The van der Waals surface area contributed by atoms with Crippen molar-refractivity contribution in [2.75, 3.05) is 23.3 Å². The lowest BCUT2D eigenvalue weighted by molar-refractivity contribution is -0.0222. The number of alkyl halides is 2.